The van der Waals surface area contributed by atoms with Gasteiger partial charge in [-0.15, -0.1) is 10.2 Å². The summed E-state index contributed by atoms with van der Waals surface area (Å²) in [4.78, 5) is 27.4. The summed E-state index contributed by atoms with van der Waals surface area (Å²) in [5.41, 5.74) is 3.77. The monoisotopic (exact) mass is 465 g/mol. The topological polar surface area (TPSA) is 73.0 Å². The fourth-order valence-electron chi connectivity index (χ4n) is 4.46. The Bertz CT molecular complexity index is 1140. The molecule has 0 unspecified atom stereocenters. The van der Waals surface area contributed by atoms with Crippen LogP contribution in [0, 0.1) is 13.8 Å². The van der Waals surface area contributed by atoms with E-state index >= 15 is 0 Å². The number of Topliss-reactive ketones (excluding diaryl/α,β-unsaturated/α-hetero) is 1. The Morgan fingerprint density at radius 2 is 1.88 bits per heavy atom. The first-order chi connectivity index (χ1) is 16.0. The lowest BCUT2D eigenvalue weighted by molar-refractivity contribution is -0.131. The molecule has 1 aliphatic heterocycles. The normalized spacial score (nSPS) is 14.5. The van der Waals surface area contributed by atoms with Crippen molar-refractivity contribution < 1.29 is 9.59 Å². The van der Waals surface area contributed by atoms with Gasteiger partial charge in [0.25, 0.3) is 0 Å². The smallest absolute Gasteiger partial charge is 0.222 e. The van der Waals surface area contributed by atoms with Crippen LogP contribution >= 0.6 is 11.8 Å². The van der Waals surface area contributed by atoms with Gasteiger partial charge in [-0.05, 0) is 51.8 Å². The van der Waals surface area contributed by atoms with Crippen molar-refractivity contribution in [1.29, 1.82) is 0 Å². The van der Waals surface area contributed by atoms with E-state index in [0.29, 0.717) is 25.3 Å². The molecule has 1 amide bonds. The molecule has 1 aliphatic rings. The number of hydrogen-bond donors (Lipinski definition) is 0. The molecule has 4 rings (SSSR count). The Labute approximate surface area is 199 Å². The number of carbonyl (C=O) groups excluding carboxylic acids is 2. The standard InChI is InChI=1S/C25H31N5O2S/c1-4-29-23(16-28-14-10-6-9-13-24(28)32)26-27-25(29)33-17-22(31)21-15-18(2)30(19(21)3)20-11-7-5-8-12-20/h5,7-8,11-12,15H,4,6,9-10,13-14,16-17H2,1-3H3. The summed E-state index contributed by atoms with van der Waals surface area (Å²) < 4.78 is 4.13. The molecule has 0 saturated carbocycles. The molecule has 0 N–H and O–H groups in total. The average molecular weight is 466 g/mol. The highest BCUT2D eigenvalue weighted by molar-refractivity contribution is 7.99. The number of para-hydroxylation sites is 1. The van der Waals surface area contributed by atoms with E-state index in [1.165, 1.54) is 11.8 Å². The molecule has 0 spiro atoms. The molecule has 3 heterocycles. The minimum atomic E-state index is 0.0742. The van der Waals surface area contributed by atoms with Crippen LogP contribution in [0.2, 0.25) is 0 Å². The van der Waals surface area contributed by atoms with Crippen LogP contribution in [0.15, 0.2) is 41.6 Å². The number of carbonyl (C=O) groups is 2. The molecule has 0 radical (unpaired) electrons. The third-order valence-electron chi connectivity index (χ3n) is 6.19. The van der Waals surface area contributed by atoms with Crippen molar-refractivity contribution in [3.05, 3.63) is 59.2 Å². The molecule has 174 valence electrons. The number of aromatic nitrogens is 4. The molecule has 0 atom stereocenters. The number of thioether (sulfide) groups is 1. The van der Waals surface area contributed by atoms with Gasteiger partial charge in [0.2, 0.25) is 5.91 Å². The SMILES string of the molecule is CCn1c(CN2CCCCCC2=O)nnc1SCC(=O)c1cc(C)n(-c2ccccc2)c1C. The van der Waals surface area contributed by atoms with Crippen LogP contribution in [-0.4, -0.2) is 48.2 Å². The summed E-state index contributed by atoms with van der Waals surface area (Å²) in [7, 11) is 0. The Balaban J connectivity index is 1.46. The third kappa shape index (κ3) is 5.05. The number of hydrogen-bond acceptors (Lipinski definition) is 5. The largest absolute Gasteiger partial charge is 0.335 e. The van der Waals surface area contributed by atoms with Gasteiger partial charge in [0.1, 0.15) is 0 Å². The fourth-order valence-corrected chi connectivity index (χ4v) is 5.37. The highest BCUT2D eigenvalue weighted by Crippen LogP contribution is 2.25. The van der Waals surface area contributed by atoms with E-state index in [0.717, 1.165) is 59.4 Å². The second-order valence-corrected chi connectivity index (χ2v) is 9.38. The second kappa shape index (κ2) is 10.4. The van der Waals surface area contributed by atoms with Crippen LogP contribution in [0.4, 0.5) is 0 Å². The van der Waals surface area contributed by atoms with Gasteiger partial charge in [-0.3, -0.25) is 9.59 Å². The first-order valence-electron chi connectivity index (χ1n) is 11.6. The van der Waals surface area contributed by atoms with Gasteiger partial charge in [0, 0.05) is 42.1 Å². The Morgan fingerprint density at radius 1 is 1.09 bits per heavy atom. The molecule has 3 aromatic rings. The van der Waals surface area contributed by atoms with Crippen LogP contribution in [-0.2, 0) is 17.9 Å². The fraction of sp³-hybridized carbons (Fsp3) is 0.440. The first kappa shape index (κ1) is 23.3. The Kier molecular flexibility index (Phi) is 7.33. The summed E-state index contributed by atoms with van der Waals surface area (Å²) >= 11 is 1.41. The molecule has 0 aliphatic carbocycles. The van der Waals surface area contributed by atoms with Crippen LogP contribution < -0.4 is 0 Å². The van der Waals surface area contributed by atoms with E-state index in [2.05, 4.69) is 14.8 Å². The zero-order valence-electron chi connectivity index (χ0n) is 19.6. The van der Waals surface area contributed by atoms with E-state index < -0.39 is 0 Å². The predicted molar refractivity (Wildman–Crippen MR) is 130 cm³/mol. The number of likely N-dealkylation sites (tertiary alicyclic amines) is 1. The van der Waals surface area contributed by atoms with Crippen molar-refractivity contribution in [2.24, 2.45) is 0 Å². The molecular weight excluding hydrogens is 434 g/mol. The Morgan fingerprint density at radius 3 is 2.64 bits per heavy atom. The lowest BCUT2D eigenvalue weighted by Gasteiger charge is -2.20. The number of amides is 1. The molecule has 8 heteroatoms. The summed E-state index contributed by atoms with van der Waals surface area (Å²) in [5, 5.41) is 9.42. The third-order valence-corrected chi connectivity index (χ3v) is 7.16. The average Bonchev–Trinajstić information content (AvgIpc) is 3.27. The minimum Gasteiger partial charge on any atom is -0.335 e. The lowest BCUT2D eigenvalue weighted by Crippen LogP contribution is -2.31. The quantitative estimate of drug-likeness (QED) is 0.360. The Hall–Kier alpha value is -2.87. The highest BCUT2D eigenvalue weighted by atomic mass is 32.2. The number of nitrogens with zero attached hydrogens (tertiary/aromatic N) is 5. The number of rotatable bonds is 8. The highest BCUT2D eigenvalue weighted by Gasteiger charge is 2.22. The molecule has 33 heavy (non-hydrogen) atoms. The summed E-state index contributed by atoms with van der Waals surface area (Å²) in [6.07, 6.45) is 3.70. The number of aryl methyl sites for hydroxylation is 1. The first-order valence-corrected chi connectivity index (χ1v) is 12.6. The van der Waals surface area contributed by atoms with Crippen molar-refractivity contribution in [3.63, 3.8) is 0 Å². The lowest BCUT2D eigenvalue weighted by atomic mass is 10.2. The van der Waals surface area contributed by atoms with Gasteiger partial charge in [-0.25, -0.2) is 0 Å². The zero-order valence-corrected chi connectivity index (χ0v) is 20.4. The summed E-state index contributed by atoms with van der Waals surface area (Å²) in [6.45, 7) is 8.00. The molecule has 0 bridgehead atoms. The van der Waals surface area contributed by atoms with Gasteiger partial charge < -0.3 is 14.0 Å². The van der Waals surface area contributed by atoms with Gasteiger partial charge in [0.05, 0.1) is 12.3 Å². The maximum atomic E-state index is 13.1. The van der Waals surface area contributed by atoms with E-state index in [1.807, 2.05) is 66.6 Å². The summed E-state index contributed by atoms with van der Waals surface area (Å²) in [6, 6.07) is 12.0. The van der Waals surface area contributed by atoms with Gasteiger partial charge >= 0.3 is 0 Å². The molecular formula is C25H31N5O2S. The second-order valence-electron chi connectivity index (χ2n) is 8.44. The van der Waals surface area contributed by atoms with Crippen molar-refractivity contribution in [1.82, 2.24) is 24.2 Å². The van der Waals surface area contributed by atoms with Crippen LogP contribution in [0.25, 0.3) is 5.69 Å². The number of ketones is 1. The predicted octanol–water partition coefficient (Wildman–Crippen LogP) is 4.58. The van der Waals surface area contributed by atoms with E-state index in [9.17, 15) is 9.59 Å². The summed E-state index contributed by atoms with van der Waals surface area (Å²) in [5.74, 6) is 1.34. The van der Waals surface area contributed by atoms with Gasteiger partial charge in [0.15, 0.2) is 16.8 Å². The van der Waals surface area contributed by atoms with Crippen LogP contribution in [0.3, 0.4) is 0 Å². The minimum absolute atomic E-state index is 0.0742. The van der Waals surface area contributed by atoms with Gasteiger partial charge in [-0.2, -0.15) is 0 Å². The molecule has 1 fully saturated rings. The molecule has 7 nitrogen and oxygen atoms in total. The van der Waals surface area contributed by atoms with Crippen LogP contribution in [0.5, 0.6) is 0 Å². The molecule has 2 aromatic heterocycles. The van der Waals surface area contributed by atoms with Crippen molar-refractivity contribution >= 4 is 23.5 Å². The maximum Gasteiger partial charge on any atom is 0.222 e. The van der Waals surface area contributed by atoms with Crippen molar-refractivity contribution in [2.75, 3.05) is 12.3 Å². The van der Waals surface area contributed by atoms with E-state index in [-0.39, 0.29) is 11.7 Å². The van der Waals surface area contributed by atoms with Gasteiger partial charge in [-0.1, -0.05) is 36.4 Å². The zero-order chi connectivity index (χ0) is 23.4. The number of benzene rings is 1. The van der Waals surface area contributed by atoms with Crippen molar-refractivity contribution in [2.45, 2.75) is 64.7 Å². The van der Waals surface area contributed by atoms with Crippen molar-refractivity contribution in [3.8, 4) is 5.69 Å². The van der Waals surface area contributed by atoms with Crippen LogP contribution in [0.1, 0.15) is 60.2 Å². The van der Waals surface area contributed by atoms with E-state index in [4.69, 9.17) is 0 Å². The maximum absolute atomic E-state index is 13.1. The molecule has 1 aromatic carbocycles. The van der Waals surface area contributed by atoms with E-state index in [1.54, 1.807) is 0 Å². The molecule has 1 saturated heterocycles.